The number of hydrogen-bond donors (Lipinski definition) is 1. The number of anilines is 1. The highest BCUT2D eigenvalue weighted by atomic mass is 32.2. The summed E-state index contributed by atoms with van der Waals surface area (Å²) in [4.78, 5) is 17.7. The van der Waals surface area contributed by atoms with Gasteiger partial charge < -0.3 is 5.32 Å². The van der Waals surface area contributed by atoms with Gasteiger partial charge in [-0.05, 0) is 49.2 Å². The van der Waals surface area contributed by atoms with Gasteiger partial charge in [-0.3, -0.25) is 4.79 Å². The fraction of sp³-hybridized carbons (Fsp3) is 0.407. The van der Waals surface area contributed by atoms with Gasteiger partial charge in [-0.1, -0.05) is 38.8 Å². The molecule has 9 nitrogen and oxygen atoms in total. The van der Waals surface area contributed by atoms with Crippen molar-refractivity contribution in [1.29, 1.82) is 0 Å². The third-order valence-electron chi connectivity index (χ3n) is 6.78. The molecular weight excluding hydrogens is 557 g/mol. The molecule has 0 saturated carbocycles. The number of nitrogens with one attached hydrogen (secondary N) is 1. The number of sulfonamides is 2. The van der Waals surface area contributed by atoms with Crippen LogP contribution >= 0.6 is 11.3 Å². The van der Waals surface area contributed by atoms with E-state index in [0.717, 1.165) is 31.2 Å². The van der Waals surface area contributed by atoms with Crippen molar-refractivity contribution in [3.8, 4) is 11.3 Å². The summed E-state index contributed by atoms with van der Waals surface area (Å²) >= 11 is 1.34. The van der Waals surface area contributed by atoms with Crippen LogP contribution < -0.4 is 5.32 Å². The average Bonchev–Trinajstić information content (AvgIpc) is 3.24. The molecule has 39 heavy (non-hydrogen) atoms. The van der Waals surface area contributed by atoms with Gasteiger partial charge in [0.1, 0.15) is 0 Å². The van der Waals surface area contributed by atoms with Crippen molar-refractivity contribution < 1.29 is 21.6 Å². The monoisotopic (exact) mass is 590 g/mol. The second-order valence-electron chi connectivity index (χ2n) is 9.27. The minimum atomic E-state index is -3.58. The van der Waals surface area contributed by atoms with Gasteiger partial charge in [0.05, 0.1) is 22.0 Å². The number of hydrogen-bond acceptors (Lipinski definition) is 8. The third-order valence-corrected chi connectivity index (χ3v) is 11.6. The number of Topliss-reactive ketones (excluding diaryl/α,β-unsaturated/α-hetero) is 1. The Bertz CT molecular complexity index is 1470. The first-order chi connectivity index (χ1) is 18.7. The van der Waals surface area contributed by atoms with Crippen LogP contribution in [0.25, 0.3) is 11.3 Å². The van der Waals surface area contributed by atoms with E-state index in [4.69, 9.17) is 0 Å². The molecule has 1 aromatic heterocycles. The Kier molecular flexibility index (Phi) is 9.55. The molecule has 1 N–H and O–H groups in total. The zero-order chi connectivity index (χ0) is 28.0. The fourth-order valence-electron chi connectivity index (χ4n) is 4.50. The van der Waals surface area contributed by atoms with Crippen molar-refractivity contribution in [3.05, 3.63) is 59.5 Å². The van der Waals surface area contributed by atoms with Crippen LogP contribution in [0.2, 0.25) is 0 Å². The molecule has 1 aliphatic heterocycles. The minimum Gasteiger partial charge on any atom is -0.354 e. The quantitative estimate of drug-likeness (QED) is 0.322. The number of benzene rings is 2. The summed E-state index contributed by atoms with van der Waals surface area (Å²) in [6, 6.07) is 12.7. The van der Waals surface area contributed by atoms with Crippen molar-refractivity contribution >= 4 is 42.3 Å². The molecule has 12 heteroatoms. The Labute approximate surface area is 235 Å². The second-order valence-corrected chi connectivity index (χ2v) is 14.0. The Balaban J connectivity index is 1.37. The number of rotatable bonds is 11. The van der Waals surface area contributed by atoms with Crippen molar-refractivity contribution in [2.24, 2.45) is 0 Å². The fourth-order valence-corrected chi connectivity index (χ4v) is 8.19. The lowest BCUT2D eigenvalue weighted by Gasteiger charge is -2.19. The van der Waals surface area contributed by atoms with E-state index in [1.807, 2.05) is 5.38 Å². The van der Waals surface area contributed by atoms with Crippen LogP contribution in [0.1, 0.15) is 49.9 Å². The number of carbonyl (C=O) groups excluding carboxylic acids is 1. The molecule has 3 aromatic rings. The first-order valence-electron chi connectivity index (χ1n) is 13.1. The lowest BCUT2D eigenvalue weighted by molar-refractivity contribution is 0.101. The Morgan fingerprint density at radius 2 is 1.49 bits per heavy atom. The van der Waals surface area contributed by atoms with E-state index in [1.165, 1.54) is 39.9 Å². The Hall–Kier alpha value is -2.64. The van der Waals surface area contributed by atoms with Gasteiger partial charge in [-0.2, -0.15) is 8.61 Å². The molecule has 0 radical (unpaired) electrons. The zero-order valence-electron chi connectivity index (χ0n) is 22.2. The topological polar surface area (TPSA) is 117 Å². The molecule has 1 aliphatic rings. The van der Waals surface area contributed by atoms with Gasteiger partial charge in [0.15, 0.2) is 10.9 Å². The lowest BCUT2D eigenvalue weighted by Crippen LogP contribution is -2.31. The van der Waals surface area contributed by atoms with E-state index in [0.29, 0.717) is 42.6 Å². The van der Waals surface area contributed by atoms with Crippen molar-refractivity contribution in [3.63, 3.8) is 0 Å². The lowest BCUT2D eigenvalue weighted by atomic mass is 10.1. The summed E-state index contributed by atoms with van der Waals surface area (Å²) in [5.74, 6) is -0.193. The minimum absolute atomic E-state index is 0.00209. The average molecular weight is 591 g/mol. The molecule has 4 rings (SSSR count). The summed E-state index contributed by atoms with van der Waals surface area (Å²) in [6.45, 7) is 5.44. The number of carbonyl (C=O) groups is 1. The summed E-state index contributed by atoms with van der Waals surface area (Å²) in [5.41, 5.74) is 1.86. The SMILES string of the molecule is CCN(CC)S(=O)(=O)c1ccc(C(=O)CNc2nc(-c3ccc(S(=O)(=O)N4CCCCCC4)cc3)cs2)cc1. The third kappa shape index (κ3) is 6.75. The largest absolute Gasteiger partial charge is 0.354 e. The maximum atomic E-state index is 13.0. The second kappa shape index (κ2) is 12.7. The summed E-state index contributed by atoms with van der Waals surface area (Å²) in [7, 11) is -7.09. The van der Waals surface area contributed by atoms with Crippen molar-refractivity contribution in [2.45, 2.75) is 49.3 Å². The van der Waals surface area contributed by atoms with Crippen LogP contribution in [-0.2, 0) is 20.0 Å². The van der Waals surface area contributed by atoms with E-state index in [9.17, 15) is 21.6 Å². The van der Waals surface area contributed by atoms with Gasteiger partial charge in [0, 0.05) is 42.7 Å². The molecule has 0 atom stereocenters. The number of thiazole rings is 1. The highest BCUT2D eigenvalue weighted by Crippen LogP contribution is 2.27. The zero-order valence-corrected chi connectivity index (χ0v) is 24.6. The standard InChI is InChI=1S/C27H34N4O5S3/c1-3-30(4-2)38(33,34)23-15-11-22(12-16-23)26(32)19-28-27-29-25(20-37-27)21-9-13-24(14-10-21)39(35,36)31-17-7-5-6-8-18-31/h9-16,20H,3-8,17-19H2,1-2H3,(H,28,29). The molecule has 1 fully saturated rings. The number of aromatic nitrogens is 1. The predicted molar refractivity (Wildman–Crippen MR) is 154 cm³/mol. The number of ketones is 1. The van der Waals surface area contributed by atoms with Crippen LogP contribution in [0.3, 0.4) is 0 Å². The van der Waals surface area contributed by atoms with Gasteiger partial charge in [-0.25, -0.2) is 21.8 Å². The van der Waals surface area contributed by atoms with Crippen LogP contribution in [0, 0.1) is 0 Å². The maximum absolute atomic E-state index is 13.0. The van der Waals surface area contributed by atoms with E-state index in [-0.39, 0.29) is 22.1 Å². The highest BCUT2D eigenvalue weighted by molar-refractivity contribution is 7.89. The van der Waals surface area contributed by atoms with Gasteiger partial charge in [0.25, 0.3) is 0 Å². The normalized spacial score (nSPS) is 15.3. The van der Waals surface area contributed by atoms with Gasteiger partial charge in [-0.15, -0.1) is 11.3 Å². The summed E-state index contributed by atoms with van der Waals surface area (Å²) < 4.78 is 54.3. The van der Waals surface area contributed by atoms with E-state index in [2.05, 4.69) is 10.3 Å². The van der Waals surface area contributed by atoms with Crippen LogP contribution in [-0.4, -0.2) is 68.9 Å². The van der Waals surface area contributed by atoms with Gasteiger partial charge >= 0.3 is 0 Å². The molecule has 1 saturated heterocycles. The van der Waals surface area contributed by atoms with Crippen LogP contribution in [0.4, 0.5) is 5.13 Å². The molecule has 0 spiro atoms. The molecule has 2 aromatic carbocycles. The highest BCUT2D eigenvalue weighted by Gasteiger charge is 2.25. The van der Waals surface area contributed by atoms with E-state index >= 15 is 0 Å². The van der Waals surface area contributed by atoms with Crippen LogP contribution in [0.15, 0.2) is 63.7 Å². The Morgan fingerprint density at radius 1 is 0.897 bits per heavy atom. The predicted octanol–water partition coefficient (Wildman–Crippen LogP) is 4.70. The van der Waals surface area contributed by atoms with Crippen molar-refractivity contribution in [1.82, 2.24) is 13.6 Å². The first-order valence-corrected chi connectivity index (χ1v) is 16.9. The van der Waals surface area contributed by atoms with Gasteiger partial charge in [0.2, 0.25) is 20.0 Å². The molecule has 0 unspecified atom stereocenters. The molecule has 0 amide bonds. The molecule has 2 heterocycles. The maximum Gasteiger partial charge on any atom is 0.243 e. The molecule has 210 valence electrons. The first kappa shape index (κ1) is 29.3. The Morgan fingerprint density at radius 3 is 2.08 bits per heavy atom. The van der Waals surface area contributed by atoms with E-state index in [1.54, 1.807) is 42.4 Å². The van der Waals surface area contributed by atoms with E-state index < -0.39 is 20.0 Å². The van der Waals surface area contributed by atoms with Crippen molar-refractivity contribution in [2.75, 3.05) is 38.0 Å². The number of nitrogens with zero attached hydrogens (tertiary/aromatic N) is 3. The smallest absolute Gasteiger partial charge is 0.243 e. The summed E-state index contributed by atoms with van der Waals surface area (Å²) in [5, 5.41) is 5.43. The molecular formula is C27H34N4O5S3. The molecule has 0 bridgehead atoms. The summed E-state index contributed by atoms with van der Waals surface area (Å²) in [6.07, 6.45) is 3.89. The van der Waals surface area contributed by atoms with Crippen LogP contribution in [0.5, 0.6) is 0 Å². The molecule has 0 aliphatic carbocycles.